The van der Waals surface area contributed by atoms with Gasteiger partial charge in [0.05, 0.1) is 6.61 Å². The van der Waals surface area contributed by atoms with Gasteiger partial charge in [-0.05, 0) is 38.0 Å². The van der Waals surface area contributed by atoms with Gasteiger partial charge in [-0.25, -0.2) is 0 Å². The molecule has 2 atom stereocenters. The summed E-state index contributed by atoms with van der Waals surface area (Å²) in [6.45, 7) is 8.29. The number of benzene rings is 1. The van der Waals surface area contributed by atoms with E-state index in [1.807, 2.05) is 38.1 Å². The fraction of sp³-hybridized carbons (Fsp3) is 0.625. The fourth-order valence-electron chi connectivity index (χ4n) is 1.76. The van der Waals surface area contributed by atoms with Crippen LogP contribution in [0.2, 0.25) is 0 Å². The molecule has 1 aromatic rings. The van der Waals surface area contributed by atoms with Crippen molar-refractivity contribution in [3.8, 4) is 5.75 Å². The lowest BCUT2D eigenvalue weighted by molar-refractivity contribution is 0.0907. The van der Waals surface area contributed by atoms with Crippen LogP contribution in [0.25, 0.3) is 0 Å². The van der Waals surface area contributed by atoms with Crippen molar-refractivity contribution in [1.82, 2.24) is 5.32 Å². The van der Waals surface area contributed by atoms with E-state index in [2.05, 4.69) is 12.2 Å². The van der Waals surface area contributed by atoms with Crippen LogP contribution in [0.15, 0.2) is 24.3 Å². The van der Waals surface area contributed by atoms with E-state index in [4.69, 9.17) is 9.47 Å². The molecule has 0 bridgehead atoms. The number of nitrogens with one attached hydrogen (secondary N) is 1. The van der Waals surface area contributed by atoms with Gasteiger partial charge in [-0.3, -0.25) is 0 Å². The summed E-state index contributed by atoms with van der Waals surface area (Å²) in [7, 11) is 0. The summed E-state index contributed by atoms with van der Waals surface area (Å²) in [4.78, 5) is 0. The second-order valence-electron chi connectivity index (χ2n) is 4.93. The van der Waals surface area contributed by atoms with Gasteiger partial charge in [-0.15, -0.1) is 0 Å². The van der Waals surface area contributed by atoms with E-state index in [1.54, 1.807) is 0 Å². The largest absolute Gasteiger partial charge is 0.491 e. The summed E-state index contributed by atoms with van der Waals surface area (Å²) < 4.78 is 10.9. The number of aliphatic hydroxyl groups is 1. The molecule has 0 spiro atoms. The summed E-state index contributed by atoms with van der Waals surface area (Å²) in [6.07, 6.45) is 0.495. The van der Waals surface area contributed by atoms with E-state index >= 15 is 0 Å². The Morgan fingerprint density at radius 2 is 1.85 bits per heavy atom. The van der Waals surface area contributed by atoms with Crippen LogP contribution in [-0.2, 0) is 11.2 Å². The lowest BCUT2D eigenvalue weighted by Gasteiger charge is -2.17. The van der Waals surface area contributed by atoms with Gasteiger partial charge in [-0.2, -0.15) is 0 Å². The van der Waals surface area contributed by atoms with Crippen molar-refractivity contribution in [3.63, 3.8) is 0 Å². The molecule has 0 aliphatic heterocycles. The van der Waals surface area contributed by atoms with Gasteiger partial charge in [0.15, 0.2) is 0 Å². The highest BCUT2D eigenvalue weighted by Crippen LogP contribution is 2.12. The predicted octanol–water partition coefficient (Wildman–Crippen LogP) is 2.00. The summed E-state index contributed by atoms with van der Waals surface area (Å²) in [5.41, 5.74) is 1.28. The quantitative estimate of drug-likeness (QED) is 0.689. The maximum atomic E-state index is 9.86. The maximum Gasteiger partial charge on any atom is 0.119 e. The van der Waals surface area contributed by atoms with Gasteiger partial charge in [0.1, 0.15) is 18.5 Å². The zero-order chi connectivity index (χ0) is 14.8. The highest BCUT2D eigenvalue weighted by atomic mass is 16.5. The Morgan fingerprint density at radius 3 is 2.45 bits per heavy atom. The summed E-state index contributed by atoms with van der Waals surface area (Å²) in [5.74, 6) is 0.795. The topological polar surface area (TPSA) is 50.7 Å². The Bertz CT molecular complexity index is 353. The van der Waals surface area contributed by atoms with Gasteiger partial charge in [0, 0.05) is 19.2 Å². The van der Waals surface area contributed by atoms with Gasteiger partial charge < -0.3 is 19.9 Å². The average Bonchev–Trinajstić information content (AvgIpc) is 2.49. The zero-order valence-corrected chi connectivity index (χ0v) is 12.8. The van der Waals surface area contributed by atoms with Crippen LogP contribution >= 0.6 is 0 Å². The Kier molecular flexibility index (Phi) is 8.26. The molecule has 0 radical (unpaired) electrons. The smallest absolute Gasteiger partial charge is 0.119 e. The molecular formula is C16H27NO3. The first-order valence-corrected chi connectivity index (χ1v) is 7.36. The van der Waals surface area contributed by atoms with Gasteiger partial charge in [0.25, 0.3) is 0 Å². The molecule has 0 aliphatic carbocycles. The van der Waals surface area contributed by atoms with E-state index in [-0.39, 0.29) is 6.04 Å². The third-order valence-electron chi connectivity index (χ3n) is 3.05. The number of hydrogen-bond acceptors (Lipinski definition) is 4. The van der Waals surface area contributed by atoms with Crippen molar-refractivity contribution in [2.45, 2.75) is 39.3 Å². The SMILES string of the molecule is CCOCC(C)NCC(O)COc1ccc(CC)cc1. The van der Waals surface area contributed by atoms with E-state index in [9.17, 15) is 5.11 Å². The van der Waals surface area contributed by atoms with E-state index in [0.717, 1.165) is 12.2 Å². The van der Waals surface area contributed by atoms with Crippen LogP contribution in [0, 0.1) is 0 Å². The lowest BCUT2D eigenvalue weighted by Crippen LogP contribution is -2.38. The molecule has 4 heteroatoms. The molecule has 2 unspecified atom stereocenters. The molecule has 0 fully saturated rings. The standard InChI is InChI=1S/C16H27NO3/c1-4-14-6-8-16(9-7-14)20-12-15(18)10-17-13(3)11-19-5-2/h6-9,13,15,17-18H,4-5,10-12H2,1-3H3. The van der Waals surface area contributed by atoms with Crippen molar-refractivity contribution >= 4 is 0 Å². The summed E-state index contributed by atoms with van der Waals surface area (Å²) >= 11 is 0. The normalized spacial score (nSPS) is 14.0. The molecular weight excluding hydrogens is 254 g/mol. The summed E-state index contributed by atoms with van der Waals surface area (Å²) in [6, 6.07) is 8.20. The van der Waals surface area contributed by atoms with Crippen molar-refractivity contribution in [1.29, 1.82) is 0 Å². The third-order valence-corrected chi connectivity index (χ3v) is 3.05. The Balaban J connectivity index is 2.20. The highest BCUT2D eigenvalue weighted by Gasteiger charge is 2.08. The average molecular weight is 281 g/mol. The maximum absolute atomic E-state index is 9.86. The van der Waals surface area contributed by atoms with E-state index in [1.165, 1.54) is 5.56 Å². The Labute approximate surface area is 122 Å². The first-order chi connectivity index (χ1) is 9.65. The zero-order valence-electron chi connectivity index (χ0n) is 12.8. The molecule has 4 nitrogen and oxygen atoms in total. The van der Waals surface area contributed by atoms with Crippen LogP contribution in [-0.4, -0.2) is 43.6 Å². The number of hydrogen-bond donors (Lipinski definition) is 2. The fourth-order valence-corrected chi connectivity index (χ4v) is 1.76. The van der Waals surface area contributed by atoms with E-state index < -0.39 is 6.10 Å². The second kappa shape index (κ2) is 9.75. The van der Waals surface area contributed by atoms with Crippen LogP contribution in [0.3, 0.4) is 0 Å². The van der Waals surface area contributed by atoms with Crippen LogP contribution in [0.1, 0.15) is 26.3 Å². The van der Waals surface area contributed by atoms with Gasteiger partial charge in [0.2, 0.25) is 0 Å². The number of aliphatic hydroxyl groups excluding tert-OH is 1. The van der Waals surface area contributed by atoms with Crippen LogP contribution < -0.4 is 10.1 Å². The molecule has 2 N–H and O–H groups in total. The van der Waals surface area contributed by atoms with Crippen molar-refractivity contribution < 1.29 is 14.6 Å². The molecule has 0 amide bonds. The minimum atomic E-state index is -0.523. The van der Waals surface area contributed by atoms with Crippen molar-refractivity contribution in [2.75, 3.05) is 26.4 Å². The Morgan fingerprint density at radius 1 is 1.15 bits per heavy atom. The molecule has 0 aromatic heterocycles. The molecule has 0 aliphatic rings. The molecule has 0 heterocycles. The lowest BCUT2D eigenvalue weighted by atomic mass is 10.2. The number of ether oxygens (including phenoxy) is 2. The number of aryl methyl sites for hydroxylation is 1. The monoisotopic (exact) mass is 281 g/mol. The van der Waals surface area contributed by atoms with Crippen molar-refractivity contribution in [3.05, 3.63) is 29.8 Å². The molecule has 114 valence electrons. The molecule has 0 saturated carbocycles. The molecule has 0 saturated heterocycles. The minimum Gasteiger partial charge on any atom is -0.491 e. The molecule has 1 rings (SSSR count). The minimum absolute atomic E-state index is 0.230. The van der Waals surface area contributed by atoms with Gasteiger partial charge >= 0.3 is 0 Å². The Hall–Kier alpha value is -1.10. The molecule has 1 aromatic carbocycles. The third kappa shape index (κ3) is 6.89. The van der Waals surface area contributed by atoms with Crippen LogP contribution in [0.5, 0.6) is 5.75 Å². The summed E-state index contributed by atoms with van der Waals surface area (Å²) in [5, 5.41) is 13.1. The van der Waals surface area contributed by atoms with Crippen molar-refractivity contribution in [2.24, 2.45) is 0 Å². The molecule has 20 heavy (non-hydrogen) atoms. The first-order valence-electron chi connectivity index (χ1n) is 7.36. The van der Waals surface area contributed by atoms with Gasteiger partial charge in [-0.1, -0.05) is 19.1 Å². The number of rotatable bonds is 10. The predicted molar refractivity (Wildman–Crippen MR) is 81.3 cm³/mol. The second-order valence-corrected chi connectivity index (χ2v) is 4.93. The van der Waals surface area contributed by atoms with E-state index in [0.29, 0.717) is 26.4 Å². The highest BCUT2D eigenvalue weighted by molar-refractivity contribution is 5.27. The van der Waals surface area contributed by atoms with Crippen LogP contribution in [0.4, 0.5) is 0 Å². The first kappa shape index (κ1) is 17.0.